The number of aliphatic hydroxyl groups is 1. The molecule has 2 aromatic carbocycles. The molecule has 6 rings (SSSR count). The van der Waals surface area contributed by atoms with Gasteiger partial charge in [0.2, 0.25) is 17.4 Å². The molecule has 0 fully saturated rings. The highest BCUT2D eigenvalue weighted by atomic mass is 19.1. The average Bonchev–Trinajstić information content (AvgIpc) is 3.55. The number of halogens is 2. The molecule has 1 aliphatic rings. The van der Waals surface area contributed by atoms with Crippen LogP contribution < -0.4 is 15.4 Å². The Morgan fingerprint density at radius 3 is 2.73 bits per heavy atom. The second-order valence-electron chi connectivity index (χ2n) is 9.68. The van der Waals surface area contributed by atoms with E-state index in [1.165, 1.54) is 34.8 Å². The molecule has 5 aromatic rings. The summed E-state index contributed by atoms with van der Waals surface area (Å²) < 4.78 is 34.7. The first-order chi connectivity index (χ1) is 19.4. The number of hydrogen-bond acceptors (Lipinski definition) is 7. The lowest BCUT2D eigenvalue weighted by atomic mass is 9.98. The van der Waals surface area contributed by atoms with Crippen molar-refractivity contribution >= 4 is 28.2 Å². The lowest BCUT2D eigenvalue weighted by molar-refractivity contribution is 0.103. The highest BCUT2D eigenvalue weighted by molar-refractivity contribution is 6.13. The van der Waals surface area contributed by atoms with E-state index < -0.39 is 17.4 Å². The first kappa shape index (κ1) is 25.5. The zero-order valence-corrected chi connectivity index (χ0v) is 21.6. The number of rotatable bonds is 7. The number of carbonyl (C=O) groups excluding carboxylic acids is 1. The number of pyridine rings is 1. The number of ketones is 1. The first-order valence-electron chi connectivity index (χ1n) is 12.8. The summed E-state index contributed by atoms with van der Waals surface area (Å²) in [7, 11) is 0. The smallest absolute Gasteiger partial charge is 0.219 e. The van der Waals surface area contributed by atoms with Crippen molar-refractivity contribution in [3.8, 4) is 17.3 Å². The van der Waals surface area contributed by atoms with E-state index in [2.05, 4.69) is 26.0 Å². The molecule has 9 nitrogen and oxygen atoms in total. The second-order valence-corrected chi connectivity index (χ2v) is 9.68. The van der Waals surface area contributed by atoms with E-state index in [-0.39, 0.29) is 29.7 Å². The number of aryl methyl sites for hydroxylation is 2. The van der Waals surface area contributed by atoms with Gasteiger partial charge in [0.15, 0.2) is 11.6 Å². The molecule has 204 valence electrons. The molecule has 0 amide bonds. The van der Waals surface area contributed by atoms with Crippen LogP contribution in [0.1, 0.15) is 33.6 Å². The van der Waals surface area contributed by atoms with Crippen molar-refractivity contribution in [2.24, 2.45) is 0 Å². The van der Waals surface area contributed by atoms with E-state index in [9.17, 15) is 18.7 Å². The van der Waals surface area contributed by atoms with Crippen LogP contribution in [0.25, 0.3) is 16.6 Å². The topological polar surface area (TPSA) is 122 Å². The number of anilines is 2. The molecule has 0 atom stereocenters. The fourth-order valence-electron chi connectivity index (χ4n) is 5.20. The Morgan fingerprint density at radius 1 is 1.18 bits per heavy atom. The van der Waals surface area contributed by atoms with Crippen molar-refractivity contribution < 1.29 is 23.4 Å². The van der Waals surface area contributed by atoms with Gasteiger partial charge in [-0.05, 0) is 55.2 Å². The molecule has 0 aliphatic carbocycles. The maximum Gasteiger partial charge on any atom is 0.219 e. The molecular weight excluding hydrogens is 518 g/mol. The van der Waals surface area contributed by atoms with Crippen LogP contribution in [0.3, 0.4) is 0 Å². The summed E-state index contributed by atoms with van der Waals surface area (Å²) in [4.78, 5) is 23.1. The number of nitrogens with two attached hydrogens (primary N) is 1. The summed E-state index contributed by atoms with van der Waals surface area (Å²) >= 11 is 0. The quantitative estimate of drug-likeness (QED) is 0.254. The van der Waals surface area contributed by atoms with Crippen LogP contribution in [0.4, 0.5) is 20.3 Å². The minimum absolute atomic E-state index is 0.0103. The largest absolute Gasteiger partial charge is 0.433 e. The summed E-state index contributed by atoms with van der Waals surface area (Å²) in [6.45, 7) is 3.15. The van der Waals surface area contributed by atoms with Gasteiger partial charge in [0.05, 0.1) is 35.9 Å². The summed E-state index contributed by atoms with van der Waals surface area (Å²) in [6.07, 6.45) is 4.75. The number of ether oxygens (including phenoxy) is 1. The van der Waals surface area contributed by atoms with Crippen molar-refractivity contribution in [3.05, 3.63) is 88.9 Å². The molecular formula is C29H26F2N6O3. The zero-order valence-electron chi connectivity index (χ0n) is 21.6. The van der Waals surface area contributed by atoms with Crippen LogP contribution in [0.5, 0.6) is 11.6 Å². The predicted molar refractivity (Wildman–Crippen MR) is 146 cm³/mol. The lowest BCUT2D eigenvalue weighted by Gasteiger charge is -2.31. The van der Waals surface area contributed by atoms with Crippen LogP contribution in [0, 0.1) is 18.6 Å². The van der Waals surface area contributed by atoms with Crippen molar-refractivity contribution in [2.75, 3.05) is 30.3 Å². The van der Waals surface area contributed by atoms with Gasteiger partial charge < -0.3 is 25.5 Å². The second kappa shape index (κ2) is 10.1. The zero-order chi connectivity index (χ0) is 28.0. The van der Waals surface area contributed by atoms with Crippen molar-refractivity contribution in [1.82, 2.24) is 19.7 Å². The Labute approximate surface area is 227 Å². The van der Waals surface area contributed by atoms with Gasteiger partial charge in [-0.1, -0.05) is 12.1 Å². The monoisotopic (exact) mass is 544 g/mol. The molecule has 11 heteroatoms. The van der Waals surface area contributed by atoms with Gasteiger partial charge in [0, 0.05) is 35.7 Å². The lowest BCUT2D eigenvalue weighted by Crippen LogP contribution is -2.32. The van der Waals surface area contributed by atoms with Gasteiger partial charge in [-0.3, -0.25) is 4.79 Å². The molecule has 0 saturated carbocycles. The molecule has 0 unspecified atom stereocenters. The summed E-state index contributed by atoms with van der Waals surface area (Å²) in [5.74, 6) is -2.45. The molecule has 0 radical (unpaired) electrons. The molecule has 4 N–H and O–H groups in total. The highest BCUT2D eigenvalue weighted by Gasteiger charge is 2.24. The van der Waals surface area contributed by atoms with E-state index >= 15 is 0 Å². The minimum Gasteiger partial charge on any atom is -0.433 e. The number of H-pyrrole nitrogens is 1. The maximum atomic E-state index is 14.0. The third-order valence-electron chi connectivity index (χ3n) is 7.13. The number of benzene rings is 2. The van der Waals surface area contributed by atoms with E-state index in [1.807, 2.05) is 12.1 Å². The Bertz CT molecular complexity index is 1740. The number of aliphatic hydroxyl groups excluding tert-OH is 1. The predicted octanol–water partition coefficient (Wildman–Crippen LogP) is 4.69. The van der Waals surface area contributed by atoms with Gasteiger partial charge in [0.25, 0.3) is 0 Å². The number of hydrogen-bond donors (Lipinski definition) is 3. The number of β-amino-alcohol motifs (C(OH)–C–C–N with tert-alkyl or cyclic N) is 1. The number of aromatic nitrogens is 4. The van der Waals surface area contributed by atoms with Crippen LogP contribution in [-0.2, 0) is 6.42 Å². The molecule has 0 spiro atoms. The number of nitrogen functional groups attached to an aromatic ring is 1. The summed E-state index contributed by atoms with van der Waals surface area (Å²) in [5, 5.41) is 14.8. The van der Waals surface area contributed by atoms with E-state index in [1.54, 1.807) is 6.92 Å². The van der Waals surface area contributed by atoms with Crippen LogP contribution in [0.15, 0.2) is 54.9 Å². The fourth-order valence-corrected chi connectivity index (χ4v) is 5.20. The van der Waals surface area contributed by atoms with Crippen LogP contribution in [-0.4, -0.2) is 50.3 Å². The van der Waals surface area contributed by atoms with Gasteiger partial charge in [-0.25, -0.2) is 18.4 Å². The van der Waals surface area contributed by atoms with Crippen molar-refractivity contribution in [3.63, 3.8) is 0 Å². The Balaban J connectivity index is 1.30. The number of fused-ring (bicyclic) bond motifs is 3. The fraction of sp³-hybridized carbons (Fsp3) is 0.207. The summed E-state index contributed by atoms with van der Waals surface area (Å²) in [5.41, 5.74) is 11.1. The van der Waals surface area contributed by atoms with E-state index in [0.29, 0.717) is 23.5 Å². The van der Waals surface area contributed by atoms with Crippen molar-refractivity contribution in [1.29, 1.82) is 0 Å². The van der Waals surface area contributed by atoms with E-state index in [4.69, 9.17) is 10.5 Å². The number of aromatic amines is 1. The molecule has 4 heterocycles. The highest BCUT2D eigenvalue weighted by Crippen LogP contribution is 2.36. The van der Waals surface area contributed by atoms with Crippen molar-refractivity contribution in [2.45, 2.75) is 19.8 Å². The Hall–Kier alpha value is -4.77. The normalized spacial score (nSPS) is 13.1. The molecule has 0 bridgehead atoms. The maximum absolute atomic E-state index is 14.0. The summed E-state index contributed by atoms with van der Waals surface area (Å²) in [6, 6.07) is 10.8. The van der Waals surface area contributed by atoms with Gasteiger partial charge in [0.1, 0.15) is 5.82 Å². The van der Waals surface area contributed by atoms with E-state index in [0.717, 1.165) is 48.1 Å². The molecule has 40 heavy (non-hydrogen) atoms. The van der Waals surface area contributed by atoms with Gasteiger partial charge in [-0.15, -0.1) is 0 Å². The number of nitrogens with one attached hydrogen (secondary N) is 1. The van der Waals surface area contributed by atoms with Crippen LogP contribution in [0.2, 0.25) is 0 Å². The Kier molecular flexibility index (Phi) is 6.43. The molecule has 3 aromatic heterocycles. The molecule has 0 saturated heterocycles. The Morgan fingerprint density at radius 2 is 1.98 bits per heavy atom. The average molecular weight is 545 g/mol. The SMILES string of the molecule is Cc1cc(Oc2c(F)cccc2F)ncc1-n1ncc(C(=O)c2cc3c4c(ccc3[nH]2)CCCN4CCO)c1N. The first-order valence-corrected chi connectivity index (χ1v) is 12.8. The van der Waals surface area contributed by atoms with Gasteiger partial charge in [-0.2, -0.15) is 5.10 Å². The third-order valence-corrected chi connectivity index (χ3v) is 7.13. The number of para-hydroxylation sites is 1. The van der Waals surface area contributed by atoms with Gasteiger partial charge >= 0.3 is 0 Å². The third kappa shape index (κ3) is 4.34. The number of carbonyl (C=O) groups is 1. The minimum atomic E-state index is -0.846. The standard InChI is InChI=1S/C29H26F2N6O3/c1-16-12-25(40-28-20(30)5-2-6-21(28)31)33-15-24(16)37-29(32)19(14-34-37)27(39)23-13-18-22(35-23)8-7-17-4-3-9-36(10-11-38)26(17)18/h2,5-8,12-15,35,38H,3-4,9-11,32H2,1H3. The van der Waals surface area contributed by atoms with Crippen LogP contribution >= 0.6 is 0 Å². The number of nitrogens with zero attached hydrogens (tertiary/aromatic N) is 4. The molecule has 1 aliphatic heterocycles.